The van der Waals surface area contributed by atoms with Gasteiger partial charge >= 0.3 is 12.1 Å². The number of carbonyl (C=O) groups is 2. The molecule has 1 aliphatic carbocycles. The quantitative estimate of drug-likeness (QED) is 0.521. The molecule has 0 radical (unpaired) electrons. The number of hydrogen-bond acceptors (Lipinski definition) is 5. The molecule has 7 heteroatoms. The highest BCUT2D eigenvalue weighted by Crippen LogP contribution is 2.44. The molecule has 7 nitrogen and oxygen atoms in total. The van der Waals surface area contributed by atoms with E-state index in [1.165, 1.54) is 19.2 Å². The van der Waals surface area contributed by atoms with Gasteiger partial charge in [0, 0.05) is 12.3 Å². The Kier molecular flexibility index (Phi) is 5.98. The average molecular weight is 433 g/mol. The number of alkyl carbamates (subject to hydrolysis) is 1. The topological polar surface area (TPSA) is 105 Å². The maximum atomic E-state index is 12.4. The molecule has 0 spiro atoms. The lowest BCUT2D eigenvalue weighted by Crippen LogP contribution is -2.42. The zero-order valence-electron chi connectivity index (χ0n) is 17.4. The molecule has 0 heterocycles. The Morgan fingerprint density at radius 2 is 1.62 bits per heavy atom. The molecule has 164 valence electrons. The summed E-state index contributed by atoms with van der Waals surface area (Å²) in [5.41, 5.74) is 4.97. The molecule has 1 atom stereocenters. The number of carboxylic acids is 1. The summed E-state index contributed by atoms with van der Waals surface area (Å²) in [4.78, 5) is 24.1. The van der Waals surface area contributed by atoms with Gasteiger partial charge in [0.25, 0.3) is 0 Å². The van der Waals surface area contributed by atoms with E-state index in [9.17, 15) is 19.8 Å². The first-order chi connectivity index (χ1) is 15.5. The Balaban J connectivity index is 1.43. The van der Waals surface area contributed by atoms with Crippen LogP contribution in [-0.2, 0) is 16.0 Å². The molecular formula is C25H23NO6. The zero-order chi connectivity index (χ0) is 22.7. The van der Waals surface area contributed by atoms with Gasteiger partial charge in [-0.2, -0.15) is 0 Å². The number of phenolic OH excluding ortho intramolecular Hbond substituents is 1. The SMILES string of the molecule is COc1cc(C[C@@H](NC(=O)OCC2c3ccccc3-c3ccccc32)C(=O)O)ccc1O. The van der Waals surface area contributed by atoms with Gasteiger partial charge in [-0.3, -0.25) is 0 Å². The van der Waals surface area contributed by atoms with Crippen molar-refractivity contribution in [1.29, 1.82) is 0 Å². The van der Waals surface area contributed by atoms with Crippen molar-refractivity contribution in [2.45, 2.75) is 18.4 Å². The summed E-state index contributed by atoms with van der Waals surface area (Å²) in [5.74, 6) is -1.12. The van der Waals surface area contributed by atoms with Crippen LogP contribution >= 0.6 is 0 Å². The number of ether oxygens (including phenoxy) is 2. The first-order valence-corrected chi connectivity index (χ1v) is 10.2. The summed E-state index contributed by atoms with van der Waals surface area (Å²) in [5, 5.41) is 21.7. The molecule has 0 aliphatic heterocycles. The van der Waals surface area contributed by atoms with Crippen LogP contribution < -0.4 is 10.1 Å². The minimum Gasteiger partial charge on any atom is -0.504 e. The highest BCUT2D eigenvalue weighted by atomic mass is 16.5. The van der Waals surface area contributed by atoms with Crippen LogP contribution in [0.1, 0.15) is 22.6 Å². The number of amides is 1. The molecule has 0 bridgehead atoms. The van der Waals surface area contributed by atoms with E-state index in [-0.39, 0.29) is 30.4 Å². The van der Waals surface area contributed by atoms with E-state index in [1.54, 1.807) is 6.07 Å². The van der Waals surface area contributed by atoms with Crippen LogP contribution in [0.5, 0.6) is 11.5 Å². The van der Waals surface area contributed by atoms with Gasteiger partial charge in [0.1, 0.15) is 12.6 Å². The van der Waals surface area contributed by atoms with Gasteiger partial charge in [-0.1, -0.05) is 54.6 Å². The summed E-state index contributed by atoms with van der Waals surface area (Å²) in [7, 11) is 1.41. The molecule has 0 unspecified atom stereocenters. The number of carboxylic acid groups (broad SMARTS) is 1. The molecule has 1 amide bonds. The maximum Gasteiger partial charge on any atom is 0.407 e. The van der Waals surface area contributed by atoms with Crippen LogP contribution in [0.3, 0.4) is 0 Å². The third-order valence-electron chi connectivity index (χ3n) is 5.62. The number of hydrogen-bond donors (Lipinski definition) is 3. The minimum absolute atomic E-state index is 0.0101. The molecule has 3 aromatic carbocycles. The molecule has 4 rings (SSSR count). The predicted octanol–water partition coefficient (Wildman–Crippen LogP) is 3.94. The van der Waals surface area contributed by atoms with Crippen molar-refractivity contribution in [2.75, 3.05) is 13.7 Å². The van der Waals surface area contributed by atoms with E-state index in [2.05, 4.69) is 5.32 Å². The molecular weight excluding hydrogens is 410 g/mol. The fraction of sp³-hybridized carbons (Fsp3) is 0.200. The molecule has 0 saturated heterocycles. The summed E-state index contributed by atoms with van der Waals surface area (Å²) >= 11 is 0. The lowest BCUT2D eigenvalue weighted by atomic mass is 9.98. The Morgan fingerprint density at radius 1 is 1.00 bits per heavy atom. The second-order valence-corrected chi connectivity index (χ2v) is 7.57. The van der Waals surface area contributed by atoms with Gasteiger partial charge in [0.15, 0.2) is 11.5 Å². The van der Waals surface area contributed by atoms with Gasteiger partial charge in [0.2, 0.25) is 0 Å². The number of rotatable bonds is 7. The van der Waals surface area contributed by atoms with Crippen molar-refractivity contribution >= 4 is 12.1 Å². The summed E-state index contributed by atoms with van der Waals surface area (Å²) < 4.78 is 10.5. The molecule has 0 fully saturated rings. The zero-order valence-corrected chi connectivity index (χ0v) is 17.4. The van der Waals surface area contributed by atoms with Gasteiger partial charge in [-0.25, -0.2) is 9.59 Å². The highest BCUT2D eigenvalue weighted by molar-refractivity contribution is 5.81. The van der Waals surface area contributed by atoms with Gasteiger partial charge in [0.05, 0.1) is 7.11 Å². The van der Waals surface area contributed by atoms with E-state index in [4.69, 9.17) is 9.47 Å². The lowest BCUT2D eigenvalue weighted by Gasteiger charge is -2.18. The first kappa shape index (κ1) is 21.2. The first-order valence-electron chi connectivity index (χ1n) is 10.2. The van der Waals surface area contributed by atoms with E-state index in [0.717, 1.165) is 22.3 Å². The Hall–Kier alpha value is -4.00. The van der Waals surface area contributed by atoms with Crippen LogP contribution in [0.25, 0.3) is 11.1 Å². The van der Waals surface area contributed by atoms with Crippen molar-refractivity contribution in [1.82, 2.24) is 5.32 Å². The van der Waals surface area contributed by atoms with Crippen molar-refractivity contribution in [3.05, 3.63) is 83.4 Å². The molecule has 0 saturated carbocycles. The summed E-state index contributed by atoms with van der Waals surface area (Å²) in [6, 6.07) is 19.3. The standard InChI is InChI=1S/C25H23NO6/c1-31-23-13-15(10-11-22(23)27)12-21(24(28)29)26-25(30)32-14-20-18-8-4-2-6-16(18)17-7-3-5-9-19(17)20/h2-11,13,20-21,27H,12,14H2,1H3,(H,26,30)(H,28,29)/t21-/m1/s1. The number of methoxy groups -OCH3 is 1. The molecule has 3 N–H and O–H groups in total. The van der Waals surface area contributed by atoms with Crippen LogP contribution in [0.2, 0.25) is 0 Å². The molecule has 1 aliphatic rings. The number of aromatic hydroxyl groups is 1. The Bertz CT molecular complexity index is 1110. The van der Waals surface area contributed by atoms with E-state index >= 15 is 0 Å². The predicted molar refractivity (Wildman–Crippen MR) is 118 cm³/mol. The van der Waals surface area contributed by atoms with Crippen molar-refractivity contribution in [2.24, 2.45) is 0 Å². The third kappa shape index (κ3) is 4.23. The van der Waals surface area contributed by atoms with Crippen LogP contribution in [0.15, 0.2) is 66.7 Å². The smallest absolute Gasteiger partial charge is 0.407 e. The number of phenols is 1. The van der Waals surface area contributed by atoms with Crippen molar-refractivity contribution < 1.29 is 29.3 Å². The van der Waals surface area contributed by atoms with Crippen LogP contribution in [0.4, 0.5) is 4.79 Å². The maximum absolute atomic E-state index is 12.4. The normalized spacial score (nSPS) is 13.0. The van der Waals surface area contributed by atoms with Gasteiger partial charge < -0.3 is 25.0 Å². The summed E-state index contributed by atoms with van der Waals surface area (Å²) in [6.45, 7) is 0.0965. The largest absolute Gasteiger partial charge is 0.504 e. The molecule has 3 aromatic rings. The average Bonchev–Trinajstić information content (AvgIpc) is 3.12. The van der Waals surface area contributed by atoms with Crippen LogP contribution in [0, 0.1) is 0 Å². The van der Waals surface area contributed by atoms with Gasteiger partial charge in [-0.15, -0.1) is 0 Å². The number of aliphatic carboxylic acids is 1. The monoisotopic (exact) mass is 433 g/mol. The Morgan fingerprint density at radius 3 is 2.22 bits per heavy atom. The van der Waals surface area contributed by atoms with Gasteiger partial charge in [-0.05, 0) is 39.9 Å². The number of carbonyl (C=O) groups excluding carboxylic acids is 1. The van der Waals surface area contributed by atoms with E-state index < -0.39 is 18.1 Å². The van der Waals surface area contributed by atoms with Crippen LogP contribution in [-0.4, -0.2) is 42.0 Å². The Labute approximate surface area is 185 Å². The number of fused-ring (bicyclic) bond motifs is 3. The molecule has 32 heavy (non-hydrogen) atoms. The third-order valence-corrected chi connectivity index (χ3v) is 5.62. The number of benzene rings is 3. The fourth-order valence-electron chi connectivity index (χ4n) is 4.07. The minimum atomic E-state index is -1.19. The highest BCUT2D eigenvalue weighted by Gasteiger charge is 2.29. The van der Waals surface area contributed by atoms with E-state index in [1.807, 2.05) is 48.5 Å². The van der Waals surface area contributed by atoms with Crippen molar-refractivity contribution in [3.8, 4) is 22.6 Å². The van der Waals surface area contributed by atoms with E-state index in [0.29, 0.717) is 5.56 Å². The van der Waals surface area contributed by atoms with Crippen molar-refractivity contribution in [3.63, 3.8) is 0 Å². The second kappa shape index (κ2) is 9.01. The molecule has 0 aromatic heterocycles. The lowest BCUT2D eigenvalue weighted by molar-refractivity contribution is -0.139. The fourth-order valence-corrected chi connectivity index (χ4v) is 4.07. The second-order valence-electron chi connectivity index (χ2n) is 7.57. The summed E-state index contributed by atoms with van der Waals surface area (Å²) in [6.07, 6.45) is -0.791. The number of nitrogens with one attached hydrogen (secondary N) is 1.